The Morgan fingerprint density at radius 1 is 1.25 bits per heavy atom. The number of amides is 2. The summed E-state index contributed by atoms with van der Waals surface area (Å²) < 4.78 is 1.43. The van der Waals surface area contributed by atoms with Crippen molar-refractivity contribution in [3.63, 3.8) is 0 Å². The van der Waals surface area contributed by atoms with Gasteiger partial charge in [-0.3, -0.25) is 9.59 Å². The highest BCUT2D eigenvalue weighted by Crippen LogP contribution is 2.21. The van der Waals surface area contributed by atoms with E-state index in [4.69, 9.17) is 0 Å². The van der Waals surface area contributed by atoms with Crippen molar-refractivity contribution in [3.8, 4) is 5.95 Å². The molecule has 3 heterocycles. The molecule has 0 aliphatic carbocycles. The quantitative estimate of drug-likeness (QED) is 0.832. The maximum absolute atomic E-state index is 12.2. The molecular weight excluding hydrogens is 328 g/mol. The third kappa shape index (κ3) is 3.73. The van der Waals surface area contributed by atoms with E-state index in [2.05, 4.69) is 26.6 Å². The lowest BCUT2D eigenvalue weighted by Gasteiger charge is -2.30. The average molecular weight is 346 g/mol. The zero-order chi connectivity index (χ0) is 16.9. The van der Waals surface area contributed by atoms with E-state index in [-0.39, 0.29) is 0 Å². The molecule has 0 unspecified atom stereocenters. The molecular formula is C15H18N6O2S. The molecule has 126 valence electrons. The number of nitrogens with zero attached hydrogens (tertiary/aromatic N) is 5. The third-order valence-corrected chi connectivity index (χ3v) is 4.99. The van der Waals surface area contributed by atoms with Crippen LogP contribution < -0.4 is 5.32 Å². The molecule has 0 bridgehead atoms. The Hall–Kier alpha value is -2.42. The second-order valence-corrected chi connectivity index (χ2v) is 6.54. The van der Waals surface area contributed by atoms with Crippen LogP contribution in [0.5, 0.6) is 0 Å². The van der Waals surface area contributed by atoms with Gasteiger partial charge in [0.25, 0.3) is 0 Å². The van der Waals surface area contributed by atoms with Crippen molar-refractivity contribution in [2.75, 3.05) is 24.7 Å². The first kappa shape index (κ1) is 16.4. The van der Waals surface area contributed by atoms with E-state index in [0.717, 1.165) is 12.8 Å². The van der Waals surface area contributed by atoms with Gasteiger partial charge in [0.05, 0.1) is 18.1 Å². The summed E-state index contributed by atoms with van der Waals surface area (Å²) >= 11 is 1.81. The number of aromatic nitrogens is 4. The largest absolute Gasteiger partial charge is 0.334 e. The van der Waals surface area contributed by atoms with Gasteiger partial charge in [-0.05, 0) is 25.2 Å². The number of likely N-dealkylation sites (tertiary alicyclic amines) is 1. The minimum atomic E-state index is -0.647. The third-order valence-electron chi connectivity index (χ3n) is 3.85. The highest BCUT2D eigenvalue weighted by Gasteiger charge is 2.26. The first-order chi connectivity index (χ1) is 11.7. The van der Waals surface area contributed by atoms with Gasteiger partial charge < -0.3 is 10.2 Å². The van der Waals surface area contributed by atoms with Gasteiger partial charge in [-0.1, -0.05) is 0 Å². The number of carbonyl (C=O) groups excluding carboxylic acids is 2. The first-order valence-electron chi connectivity index (χ1n) is 7.62. The molecule has 1 fully saturated rings. The van der Waals surface area contributed by atoms with Gasteiger partial charge in [0.1, 0.15) is 0 Å². The topological polar surface area (TPSA) is 93.0 Å². The molecule has 2 aromatic heterocycles. The average Bonchev–Trinajstić information content (AvgIpc) is 3.10. The maximum atomic E-state index is 12.2. The van der Waals surface area contributed by atoms with Crippen LogP contribution in [0.25, 0.3) is 5.95 Å². The number of thioether (sulfide) groups is 1. The molecule has 0 atom stereocenters. The van der Waals surface area contributed by atoms with Crippen LogP contribution in [-0.4, -0.2) is 61.1 Å². The summed E-state index contributed by atoms with van der Waals surface area (Å²) in [5.41, 5.74) is 0.430. The molecule has 9 heteroatoms. The molecule has 0 saturated carbocycles. The zero-order valence-electron chi connectivity index (χ0n) is 13.3. The molecule has 2 amide bonds. The Kier molecular flexibility index (Phi) is 5.09. The molecule has 1 N–H and O–H groups in total. The monoisotopic (exact) mass is 346 g/mol. The number of anilines is 1. The van der Waals surface area contributed by atoms with Gasteiger partial charge >= 0.3 is 11.8 Å². The van der Waals surface area contributed by atoms with Crippen molar-refractivity contribution < 1.29 is 9.59 Å². The predicted molar refractivity (Wildman–Crippen MR) is 90.9 cm³/mol. The lowest BCUT2D eigenvalue weighted by Crippen LogP contribution is -2.44. The van der Waals surface area contributed by atoms with Crippen LogP contribution in [0.1, 0.15) is 12.8 Å². The highest BCUT2D eigenvalue weighted by atomic mass is 32.2. The molecule has 8 nitrogen and oxygen atoms in total. The fraction of sp³-hybridized carbons (Fsp3) is 0.400. The smallest absolute Gasteiger partial charge is 0.313 e. The fourth-order valence-electron chi connectivity index (χ4n) is 2.53. The van der Waals surface area contributed by atoms with Crippen LogP contribution in [0, 0.1) is 0 Å². The molecule has 1 aliphatic rings. The number of rotatable bonds is 3. The molecule has 24 heavy (non-hydrogen) atoms. The summed E-state index contributed by atoms with van der Waals surface area (Å²) in [6.45, 7) is 1.24. The number of hydrogen-bond acceptors (Lipinski definition) is 6. The standard InChI is InChI=1S/C15H18N6O2S/c1-24-12-3-7-20(8-4-12)14(23)13(22)19-11-9-18-21(10-11)15-16-5-2-6-17-15/h2,5-6,9-10,12H,3-4,7-8H2,1H3,(H,19,22). The van der Waals surface area contributed by atoms with Crippen molar-refractivity contribution in [1.82, 2.24) is 24.6 Å². The van der Waals surface area contributed by atoms with Gasteiger partial charge in [-0.2, -0.15) is 16.9 Å². The van der Waals surface area contributed by atoms with Crippen LogP contribution in [0.4, 0.5) is 5.69 Å². The van der Waals surface area contributed by atoms with Crippen molar-refractivity contribution in [1.29, 1.82) is 0 Å². The van der Waals surface area contributed by atoms with Crippen LogP contribution in [0.2, 0.25) is 0 Å². The van der Waals surface area contributed by atoms with Crippen LogP contribution in [0.3, 0.4) is 0 Å². The highest BCUT2D eigenvalue weighted by molar-refractivity contribution is 7.99. The molecule has 0 aromatic carbocycles. The fourth-order valence-corrected chi connectivity index (χ4v) is 3.21. The number of carbonyl (C=O) groups is 2. The SMILES string of the molecule is CSC1CCN(C(=O)C(=O)Nc2cnn(-c3ncccn3)c2)CC1. The van der Waals surface area contributed by atoms with Crippen LogP contribution in [-0.2, 0) is 9.59 Å². The molecule has 1 saturated heterocycles. The van der Waals surface area contributed by atoms with Crippen molar-refractivity contribution in [2.45, 2.75) is 18.1 Å². The van der Waals surface area contributed by atoms with Gasteiger partial charge in [-0.25, -0.2) is 14.6 Å². The summed E-state index contributed by atoms with van der Waals surface area (Å²) in [7, 11) is 0. The van der Waals surface area contributed by atoms with Crippen LogP contribution >= 0.6 is 11.8 Å². The number of nitrogens with one attached hydrogen (secondary N) is 1. The second-order valence-electron chi connectivity index (χ2n) is 5.40. The maximum Gasteiger partial charge on any atom is 0.313 e. The molecule has 0 radical (unpaired) electrons. The van der Waals surface area contributed by atoms with Gasteiger partial charge in [0.15, 0.2) is 0 Å². The van der Waals surface area contributed by atoms with Gasteiger partial charge in [0.2, 0.25) is 5.95 Å². The van der Waals surface area contributed by atoms with E-state index in [1.807, 2.05) is 11.8 Å². The van der Waals surface area contributed by atoms with E-state index < -0.39 is 11.8 Å². The van der Waals surface area contributed by atoms with Crippen molar-refractivity contribution in [3.05, 3.63) is 30.9 Å². The Morgan fingerprint density at radius 2 is 1.96 bits per heavy atom. The molecule has 1 aliphatic heterocycles. The van der Waals surface area contributed by atoms with E-state index in [1.54, 1.807) is 29.6 Å². The van der Waals surface area contributed by atoms with Gasteiger partial charge in [0, 0.05) is 30.7 Å². The minimum absolute atomic E-state index is 0.392. The van der Waals surface area contributed by atoms with E-state index in [1.165, 1.54) is 10.9 Å². The Labute approximate surface area is 143 Å². The Bertz CT molecular complexity index is 712. The number of hydrogen-bond donors (Lipinski definition) is 1. The zero-order valence-corrected chi connectivity index (χ0v) is 14.1. The van der Waals surface area contributed by atoms with E-state index in [0.29, 0.717) is 30.0 Å². The summed E-state index contributed by atoms with van der Waals surface area (Å²) in [5.74, 6) is -0.757. The Balaban J connectivity index is 1.59. The summed E-state index contributed by atoms with van der Waals surface area (Å²) in [6, 6.07) is 1.70. The molecule has 0 spiro atoms. The van der Waals surface area contributed by atoms with E-state index in [9.17, 15) is 9.59 Å². The first-order valence-corrected chi connectivity index (χ1v) is 8.91. The summed E-state index contributed by atoms with van der Waals surface area (Å²) in [6.07, 6.45) is 10.1. The van der Waals surface area contributed by atoms with Crippen LogP contribution in [0.15, 0.2) is 30.9 Å². The van der Waals surface area contributed by atoms with Crippen molar-refractivity contribution >= 4 is 29.3 Å². The summed E-state index contributed by atoms with van der Waals surface area (Å²) in [5, 5.41) is 7.23. The predicted octanol–water partition coefficient (Wildman–Crippen LogP) is 0.955. The minimum Gasteiger partial charge on any atom is -0.334 e. The van der Waals surface area contributed by atoms with Gasteiger partial charge in [-0.15, -0.1) is 0 Å². The number of piperidine rings is 1. The normalized spacial score (nSPS) is 15.3. The molecule has 2 aromatic rings. The summed E-state index contributed by atoms with van der Waals surface area (Å²) in [4.78, 5) is 34.1. The van der Waals surface area contributed by atoms with Crippen molar-refractivity contribution in [2.24, 2.45) is 0 Å². The lowest BCUT2D eigenvalue weighted by molar-refractivity contribution is -0.143. The lowest BCUT2D eigenvalue weighted by atomic mass is 10.1. The Morgan fingerprint density at radius 3 is 2.62 bits per heavy atom. The second kappa shape index (κ2) is 7.43. The molecule has 3 rings (SSSR count). The van der Waals surface area contributed by atoms with E-state index >= 15 is 0 Å².